The number of hydrogen-bond donors (Lipinski definition) is 0. The average Bonchev–Trinajstić information content (AvgIpc) is 4.06. The Hall–Kier alpha value is -6.74. The summed E-state index contributed by atoms with van der Waals surface area (Å²) in [5.74, 6) is 2.47. The Morgan fingerprint density at radius 2 is 1.02 bits per heavy atom. The summed E-state index contributed by atoms with van der Waals surface area (Å²) in [6.07, 6.45) is 5.59. The van der Waals surface area contributed by atoms with Gasteiger partial charge in [0.2, 0.25) is 0 Å². The molecular weight excluding hydrogens is 787 g/mol. The van der Waals surface area contributed by atoms with Gasteiger partial charge in [-0.3, -0.25) is 0 Å². The first kappa shape index (κ1) is 38.9. The van der Waals surface area contributed by atoms with Gasteiger partial charge >= 0.3 is 0 Å². The molecule has 1 nitrogen and oxygen atoms in total. The zero-order valence-corrected chi connectivity index (χ0v) is 37.8. The molecule has 9 aromatic rings. The lowest BCUT2D eigenvalue weighted by Crippen LogP contribution is -2.74. The molecule has 2 heteroatoms. The number of rotatable bonds is 9. The van der Waals surface area contributed by atoms with Gasteiger partial charge < -0.3 is 4.90 Å². The normalized spacial score (nSPS) is 18.2. The molecule has 0 aliphatic heterocycles. The summed E-state index contributed by atoms with van der Waals surface area (Å²) in [5, 5.41) is 8.10. The summed E-state index contributed by atoms with van der Waals surface area (Å²) in [4.78, 5) is 2.51. The number of fused-ring (bicyclic) bond motifs is 6. The summed E-state index contributed by atoms with van der Waals surface area (Å²) in [6.45, 7) is 4.81. The quantitative estimate of drug-likeness (QED) is 0.103. The van der Waals surface area contributed by atoms with Crippen molar-refractivity contribution in [3.8, 4) is 22.3 Å². The van der Waals surface area contributed by atoms with Gasteiger partial charge in [0.15, 0.2) is 8.07 Å². The molecule has 9 aromatic carbocycles. The van der Waals surface area contributed by atoms with E-state index in [4.69, 9.17) is 0 Å². The van der Waals surface area contributed by atoms with Crippen molar-refractivity contribution in [1.29, 1.82) is 0 Å². The van der Waals surface area contributed by atoms with E-state index in [1.807, 2.05) is 0 Å². The molecular formula is C62H53NSi. The summed E-state index contributed by atoms with van der Waals surface area (Å²) in [6, 6.07) is 82.9. The minimum atomic E-state index is -2.68. The first-order valence-electron chi connectivity index (χ1n) is 23.4. The highest BCUT2D eigenvalue weighted by atomic mass is 28.3. The van der Waals surface area contributed by atoms with Crippen molar-refractivity contribution in [1.82, 2.24) is 0 Å². The first-order valence-corrected chi connectivity index (χ1v) is 25.4. The van der Waals surface area contributed by atoms with Crippen LogP contribution in [0.2, 0.25) is 0 Å². The van der Waals surface area contributed by atoms with Crippen LogP contribution < -0.4 is 25.6 Å². The van der Waals surface area contributed by atoms with Crippen molar-refractivity contribution in [2.45, 2.75) is 50.9 Å². The van der Waals surface area contributed by atoms with E-state index >= 15 is 0 Å². The van der Waals surface area contributed by atoms with Crippen molar-refractivity contribution in [3.63, 3.8) is 0 Å². The Labute approximate surface area is 379 Å². The highest BCUT2D eigenvalue weighted by Gasteiger charge is 2.42. The van der Waals surface area contributed by atoms with Crippen LogP contribution in [-0.2, 0) is 5.41 Å². The number of benzene rings is 9. The van der Waals surface area contributed by atoms with Crippen molar-refractivity contribution in [2.75, 3.05) is 4.90 Å². The van der Waals surface area contributed by atoms with Gasteiger partial charge in [-0.25, -0.2) is 0 Å². The smallest absolute Gasteiger partial charge is 0.179 e. The molecule has 64 heavy (non-hydrogen) atoms. The first-order chi connectivity index (χ1) is 31.5. The molecule has 3 atom stereocenters. The topological polar surface area (TPSA) is 3.24 Å². The van der Waals surface area contributed by atoms with Gasteiger partial charge in [-0.1, -0.05) is 196 Å². The number of hydrogen-bond acceptors (Lipinski definition) is 1. The summed E-state index contributed by atoms with van der Waals surface area (Å²) in [5.41, 5.74) is 12.9. The van der Waals surface area contributed by atoms with E-state index in [9.17, 15) is 0 Å². The van der Waals surface area contributed by atoms with Gasteiger partial charge in [0, 0.05) is 22.5 Å². The molecule has 2 bridgehead atoms. The molecule has 12 rings (SSSR count). The lowest BCUT2D eigenvalue weighted by Gasteiger charge is -2.35. The molecule has 2 saturated carbocycles. The standard InChI is InChI=1S/C62H53NSi/c1-62(2)60-38-29-47(56-24-14-16-44-15-12-13-23-55(44)56)41-59(60)57-37-34-50(42-61(57)62)63(48-30-27-45(28-31-48)58-40-43-25-26-46(58)39-43)49-32-35-54(36-33-49)64(51-17-6-3-7-18-51,52-19-8-4-9-20-52)53-21-10-5-11-22-53/h3-24,27-38,41-43,46,58H,25-26,39-40H2,1-2H3. The van der Waals surface area contributed by atoms with Crippen LogP contribution in [0, 0.1) is 11.8 Å². The Morgan fingerprint density at radius 1 is 0.438 bits per heavy atom. The average molecular weight is 840 g/mol. The predicted molar refractivity (Wildman–Crippen MR) is 273 cm³/mol. The summed E-state index contributed by atoms with van der Waals surface area (Å²) >= 11 is 0. The van der Waals surface area contributed by atoms with Gasteiger partial charge in [0.05, 0.1) is 0 Å². The van der Waals surface area contributed by atoms with Crippen LogP contribution in [-0.4, -0.2) is 8.07 Å². The van der Waals surface area contributed by atoms with Crippen LogP contribution in [0.5, 0.6) is 0 Å². The van der Waals surface area contributed by atoms with Crippen molar-refractivity contribution in [3.05, 3.63) is 235 Å². The van der Waals surface area contributed by atoms with E-state index in [0.29, 0.717) is 5.92 Å². The summed E-state index contributed by atoms with van der Waals surface area (Å²) in [7, 11) is -2.68. The van der Waals surface area contributed by atoms with Gasteiger partial charge in [-0.05, 0) is 150 Å². The van der Waals surface area contributed by atoms with Gasteiger partial charge in [0.25, 0.3) is 0 Å². The van der Waals surface area contributed by atoms with E-state index in [2.05, 4.69) is 237 Å². The fourth-order valence-electron chi connectivity index (χ4n) is 12.4. The molecule has 0 N–H and O–H groups in total. The molecule has 3 aliphatic carbocycles. The molecule has 0 heterocycles. The third-order valence-electron chi connectivity index (χ3n) is 15.5. The maximum atomic E-state index is 2.51. The molecule has 0 spiro atoms. The third kappa shape index (κ3) is 6.26. The van der Waals surface area contributed by atoms with Crippen LogP contribution in [0.3, 0.4) is 0 Å². The maximum Gasteiger partial charge on any atom is 0.179 e. The fourth-order valence-corrected chi connectivity index (χ4v) is 17.2. The molecule has 0 amide bonds. The highest BCUT2D eigenvalue weighted by Crippen LogP contribution is 2.54. The molecule has 3 aliphatic rings. The second-order valence-electron chi connectivity index (χ2n) is 19.2. The van der Waals surface area contributed by atoms with Crippen LogP contribution >= 0.6 is 0 Å². The predicted octanol–water partition coefficient (Wildman–Crippen LogP) is 13.6. The number of anilines is 3. The largest absolute Gasteiger partial charge is 0.310 e. The van der Waals surface area contributed by atoms with Crippen molar-refractivity contribution < 1.29 is 0 Å². The lowest BCUT2D eigenvalue weighted by molar-refractivity contribution is 0.420. The zero-order valence-electron chi connectivity index (χ0n) is 36.8. The second-order valence-corrected chi connectivity index (χ2v) is 23.1. The molecule has 2 fully saturated rings. The lowest BCUT2D eigenvalue weighted by atomic mass is 9.82. The van der Waals surface area contributed by atoms with Gasteiger partial charge in [-0.15, -0.1) is 0 Å². The SMILES string of the molecule is CC1(C)c2ccc(-c3cccc4ccccc34)cc2-c2ccc(N(c3ccc(C4CC5CCC4C5)cc3)c3ccc([Si](c4ccccc4)(c4ccccc4)c4ccccc4)cc3)cc21. The molecule has 0 saturated heterocycles. The Bertz CT molecular complexity index is 3030. The maximum absolute atomic E-state index is 2.68. The Kier molecular flexibility index (Phi) is 9.42. The van der Waals surface area contributed by atoms with Crippen LogP contribution in [0.4, 0.5) is 17.1 Å². The minimum absolute atomic E-state index is 0.161. The minimum Gasteiger partial charge on any atom is -0.310 e. The Morgan fingerprint density at radius 3 is 1.64 bits per heavy atom. The molecule has 3 unspecified atom stereocenters. The van der Waals surface area contributed by atoms with Gasteiger partial charge in [0.1, 0.15) is 0 Å². The van der Waals surface area contributed by atoms with Gasteiger partial charge in [-0.2, -0.15) is 0 Å². The van der Waals surface area contributed by atoms with Crippen LogP contribution in [0.25, 0.3) is 33.0 Å². The fraction of sp³-hybridized carbons (Fsp3) is 0.161. The van der Waals surface area contributed by atoms with Crippen LogP contribution in [0.1, 0.15) is 62.1 Å². The molecule has 0 aromatic heterocycles. The van der Waals surface area contributed by atoms with E-state index in [0.717, 1.165) is 11.8 Å². The monoisotopic (exact) mass is 839 g/mol. The number of nitrogens with zero attached hydrogens (tertiary/aromatic N) is 1. The van der Waals surface area contributed by atoms with E-state index in [1.54, 1.807) is 0 Å². The second kappa shape index (κ2) is 15.5. The van der Waals surface area contributed by atoms with Crippen molar-refractivity contribution in [2.24, 2.45) is 11.8 Å². The van der Waals surface area contributed by atoms with E-state index in [-0.39, 0.29) is 5.41 Å². The Balaban J connectivity index is 0.991. The van der Waals surface area contributed by atoms with E-state index < -0.39 is 8.07 Å². The van der Waals surface area contributed by atoms with Crippen molar-refractivity contribution >= 4 is 56.7 Å². The third-order valence-corrected chi connectivity index (χ3v) is 20.3. The zero-order chi connectivity index (χ0) is 42.8. The highest BCUT2D eigenvalue weighted by molar-refractivity contribution is 7.19. The van der Waals surface area contributed by atoms with Crippen LogP contribution in [0.15, 0.2) is 218 Å². The van der Waals surface area contributed by atoms with E-state index in [1.165, 1.54) is 113 Å². The molecule has 310 valence electrons. The summed E-state index contributed by atoms with van der Waals surface area (Å²) < 4.78 is 0. The molecule has 0 radical (unpaired) electrons.